The van der Waals surface area contributed by atoms with E-state index in [1.165, 1.54) is 0 Å². The summed E-state index contributed by atoms with van der Waals surface area (Å²) in [7, 11) is -3.45. The maximum Gasteiger partial charge on any atom is 0.264 e. The minimum absolute atomic E-state index is 0.165. The average Bonchev–Trinajstić information content (AvgIpc) is 2.36. The normalized spacial score (nSPS) is 14.6. The van der Waals surface area contributed by atoms with E-state index in [1.54, 1.807) is 19.1 Å². The van der Waals surface area contributed by atoms with E-state index < -0.39 is 16.2 Å². The van der Waals surface area contributed by atoms with Crippen LogP contribution in [-0.4, -0.2) is 33.5 Å². The van der Waals surface area contributed by atoms with Crippen LogP contribution >= 0.6 is 0 Å². The maximum absolute atomic E-state index is 10.9. The van der Waals surface area contributed by atoms with Gasteiger partial charge in [-0.15, -0.1) is 0 Å². The molecule has 6 heteroatoms. The molecular weight excluding hydrogens is 280 g/mol. The van der Waals surface area contributed by atoms with Gasteiger partial charge in [0.25, 0.3) is 10.1 Å². The molecule has 114 valence electrons. The van der Waals surface area contributed by atoms with Gasteiger partial charge in [-0.05, 0) is 44.5 Å². The van der Waals surface area contributed by atoms with Crippen LogP contribution in [0, 0.1) is 0 Å². The SMILES string of the molecule is CCC(C)Oc1ccc(OCC(C)OS(C)(=O)=O)cc1. The molecule has 5 nitrogen and oxygen atoms in total. The fourth-order valence-corrected chi connectivity index (χ4v) is 2.12. The maximum atomic E-state index is 10.9. The third-order valence-electron chi connectivity index (χ3n) is 2.56. The Morgan fingerprint density at radius 2 is 1.60 bits per heavy atom. The molecule has 2 unspecified atom stereocenters. The van der Waals surface area contributed by atoms with Crippen molar-refractivity contribution >= 4 is 10.1 Å². The molecule has 0 radical (unpaired) electrons. The Bertz CT molecular complexity index is 495. The standard InChI is InChI=1S/C14H22O5S/c1-5-11(2)18-14-8-6-13(7-9-14)17-10-12(3)19-20(4,15)16/h6-9,11-12H,5,10H2,1-4H3. The highest BCUT2D eigenvalue weighted by atomic mass is 32.2. The first-order valence-corrected chi connectivity index (χ1v) is 8.39. The highest BCUT2D eigenvalue weighted by molar-refractivity contribution is 7.86. The van der Waals surface area contributed by atoms with Crippen LogP contribution in [0.25, 0.3) is 0 Å². The van der Waals surface area contributed by atoms with E-state index in [-0.39, 0.29) is 12.7 Å². The predicted molar refractivity (Wildman–Crippen MR) is 77.7 cm³/mol. The van der Waals surface area contributed by atoms with Gasteiger partial charge in [-0.2, -0.15) is 8.42 Å². The molecule has 0 fully saturated rings. The zero-order chi connectivity index (χ0) is 15.2. The third-order valence-corrected chi connectivity index (χ3v) is 3.24. The molecule has 0 spiro atoms. The number of hydrogen-bond acceptors (Lipinski definition) is 5. The summed E-state index contributed by atoms with van der Waals surface area (Å²) >= 11 is 0. The summed E-state index contributed by atoms with van der Waals surface area (Å²) in [6.45, 7) is 5.88. The molecule has 1 rings (SSSR count). The Hall–Kier alpha value is -1.27. The second-order valence-corrected chi connectivity index (χ2v) is 6.33. The first-order chi connectivity index (χ1) is 9.30. The van der Waals surface area contributed by atoms with Crippen molar-refractivity contribution in [1.29, 1.82) is 0 Å². The van der Waals surface area contributed by atoms with Crippen LogP contribution in [-0.2, 0) is 14.3 Å². The van der Waals surface area contributed by atoms with Crippen molar-refractivity contribution in [2.24, 2.45) is 0 Å². The third kappa shape index (κ3) is 6.77. The molecule has 0 aromatic heterocycles. The van der Waals surface area contributed by atoms with Gasteiger partial charge in [-0.1, -0.05) is 6.92 Å². The minimum atomic E-state index is -3.45. The first-order valence-electron chi connectivity index (χ1n) is 6.58. The van der Waals surface area contributed by atoms with Crippen LogP contribution in [0.15, 0.2) is 24.3 Å². The summed E-state index contributed by atoms with van der Waals surface area (Å²) < 4.78 is 37.7. The topological polar surface area (TPSA) is 61.8 Å². The second kappa shape index (κ2) is 7.50. The first kappa shape index (κ1) is 16.8. The van der Waals surface area contributed by atoms with E-state index in [0.29, 0.717) is 5.75 Å². The van der Waals surface area contributed by atoms with E-state index in [0.717, 1.165) is 18.4 Å². The van der Waals surface area contributed by atoms with Gasteiger partial charge in [0.05, 0.1) is 12.4 Å². The molecule has 0 saturated heterocycles. The smallest absolute Gasteiger partial charge is 0.264 e. The lowest BCUT2D eigenvalue weighted by Gasteiger charge is -2.14. The van der Waals surface area contributed by atoms with Gasteiger partial charge in [0.1, 0.15) is 24.2 Å². The summed E-state index contributed by atoms with van der Waals surface area (Å²) in [5.74, 6) is 1.43. The zero-order valence-electron chi connectivity index (χ0n) is 12.3. The molecule has 0 bridgehead atoms. The van der Waals surface area contributed by atoms with Crippen LogP contribution in [0.1, 0.15) is 27.2 Å². The minimum Gasteiger partial charge on any atom is -0.491 e. The van der Waals surface area contributed by atoms with E-state index in [1.807, 2.05) is 19.1 Å². The van der Waals surface area contributed by atoms with Gasteiger partial charge in [0, 0.05) is 0 Å². The molecule has 2 atom stereocenters. The lowest BCUT2D eigenvalue weighted by molar-refractivity contribution is 0.150. The number of benzene rings is 1. The van der Waals surface area contributed by atoms with Crippen LogP contribution in [0.5, 0.6) is 11.5 Å². The molecule has 1 aromatic rings. The monoisotopic (exact) mass is 302 g/mol. The number of ether oxygens (including phenoxy) is 2. The summed E-state index contributed by atoms with van der Waals surface area (Å²) in [6, 6.07) is 7.21. The summed E-state index contributed by atoms with van der Waals surface area (Å²) in [5, 5.41) is 0. The van der Waals surface area contributed by atoms with Gasteiger partial charge in [-0.3, -0.25) is 4.18 Å². The summed E-state index contributed by atoms with van der Waals surface area (Å²) in [6.07, 6.45) is 1.61. The molecule has 0 aliphatic rings. The van der Waals surface area contributed by atoms with Gasteiger partial charge in [0.15, 0.2) is 0 Å². The van der Waals surface area contributed by atoms with Crippen molar-refractivity contribution in [1.82, 2.24) is 0 Å². The van der Waals surface area contributed by atoms with Gasteiger partial charge in [-0.25, -0.2) is 0 Å². The van der Waals surface area contributed by atoms with Gasteiger partial charge < -0.3 is 9.47 Å². The largest absolute Gasteiger partial charge is 0.491 e. The van der Waals surface area contributed by atoms with Gasteiger partial charge in [0.2, 0.25) is 0 Å². The quantitative estimate of drug-likeness (QED) is 0.691. The van der Waals surface area contributed by atoms with Crippen LogP contribution in [0.2, 0.25) is 0 Å². The van der Waals surface area contributed by atoms with E-state index in [4.69, 9.17) is 13.7 Å². The highest BCUT2D eigenvalue weighted by Crippen LogP contribution is 2.19. The Kier molecular flexibility index (Phi) is 6.29. The molecule has 20 heavy (non-hydrogen) atoms. The molecule has 0 aliphatic heterocycles. The molecule has 0 saturated carbocycles. The Morgan fingerprint density at radius 1 is 1.05 bits per heavy atom. The van der Waals surface area contributed by atoms with E-state index >= 15 is 0 Å². The Morgan fingerprint density at radius 3 is 2.10 bits per heavy atom. The lowest BCUT2D eigenvalue weighted by Crippen LogP contribution is -2.21. The van der Waals surface area contributed by atoms with Crippen molar-refractivity contribution < 1.29 is 22.1 Å². The lowest BCUT2D eigenvalue weighted by atomic mass is 10.3. The van der Waals surface area contributed by atoms with Crippen molar-refractivity contribution in [3.8, 4) is 11.5 Å². The summed E-state index contributed by atoms with van der Waals surface area (Å²) in [5.41, 5.74) is 0. The predicted octanol–water partition coefficient (Wildman–Crippen LogP) is 2.61. The zero-order valence-corrected chi connectivity index (χ0v) is 13.1. The Labute approximate surface area is 121 Å². The van der Waals surface area contributed by atoms with E-state index in [2.05, 4.69) is 6.92 Å². The average molecular weight is 302 g/mol. The van der Waals surface area contributed by atoms with Crippen molar-refractivity contribution in [2.45, 2.75) is 39.4 Å². The van der Waals surface area contributed by atoms with Gasteiger partial charge >= 0.3 is 0 Å². The Balaban J connectivity index is 2.45. The van der Waals surface area contributed by atoms with E-state index in [9.17, 15) is 8.42 Å². The van der Waals surface area contributed by atoms with Crippen molar-refractivity contribution in [3.05, 3.63) is 24.3 Å². The molecular formula is C14H22O5S. The molecule has 0 amide bonds. The molecule has 0 heterocycles. The second-order valence-electron chi connectivity index (χ2n) is 4.73. The number of hydrogen-bond donors (Lipinski definition) is 0. The molecule has 0 aliphatic carbocycles. The fourth-order valence-electron chi connectivity index (χ4n) is 1.47. The molecule has 1 aromatic carbocycles. The fraction of sp³-hybridized carbons (Fsp3) is 0.571. The van der Waals surface area contributed by atoms with Crippen molar-refractivity contribution in [3.63, 3.8) is 0 Å². The van der Waals surface area contributed by atoms with Crippen LogP contribution in [0.3, 0.4) is 0 Å². The van der Waals surface area contributed by atoms with Crippen LogP contribution in [0.4, 0.5) is 0 Å². The highest BCUT2D eigenvalue weighted by Gasteiger charge is 2.11. The summed E-state index contributed by atoms with van der Waals surface area (Å²) in [4.78, 5) is 0. The number of rotatable bonds is 8. The molecule has 0 N–H and O–H groups in total. The van der Waals surface area contributed by atoms with Crippen molar-refractivity contribution in [2.75, 3.05) is 12.9 Å². The van der Waals surface area contributed by atoms with Crippen LogP contribution < -0.4 is 9.47 Å².